The lowest BCUT2D eigenvalue weighted by Crippen LogP contribution is -2.18. The first kappa shape index (κ1) is 16.7. The molecule has 128 valence electrons. The van der Waals surface area contributed by atoms with Gasteiger partial charge in [0.1, 0.15) is 5.75 Å². The average molecular weight is 336 g/mol. The SMILES string of the molecule is CCCNc1nc2ccccc2nc1C(=O)Nc1cccc(OC)c1. The van der Waals surface area contributed by atoms with Gasteiger partial charge in [0.2, 0.25) is 0 Å². The van der Waals surface area contributed by atoms with Gasteiger partial charge in [-0.1, -0.05) is 25.1 Å². The monoisotopic (exact) mass is 336 g/mol. The van der Waals surface area contributed by atoms with Crippen LogP contribution >= 0.6 is 0 Å². The van der Waals surface area contributed by atoms with Crippen LogP contribution in [0.4, 0.5) is 11.5 Å². The number of rotatable bonds is 6. The zero-order chi connectivity index (χ0) is 17.6. The minimum atomic E-state index is -0.315. The summed E-state index contributed by atoms with van der Waals surface area (Å²) in [5, 5.41) is 6.04. The molecular formula is C19H20N4O2. The molecule has 0 unspecified atom stereocenters. The number of amides is 1. The number of nitrogens with zero attached hydrogens (tertiary/aromatic N) is 2. The number of anilines is 2. The van der Waals surface area contributed by atoms with E-state index in [0.717, 1.165) is 11.9 Å². The van der Waals surface area contributed by atoms with Crippen LogP contribution in [0.15, 0.2) is 48.5 Å². The molecule has 0 aliphatic heterocycles. The quantitative estimate of drug-likeness (QED) is 0.717. The zero-order valence-electron chi connectivity index (χ0n) is 14.2. The van der Waals surface area contributed by atoms with Crippen LogP contribution in [0.3, 0.4) is 0 Å². The van der Waals surface area contributed by atoms with Crippen LogP contribution in [-0.2, 0) is 0 Å². The Labute approximate surface area is 146 Å². The van der Waals surface area contributed by atoms with E-state index in [1.165, 1.54) is 0 Å². The molecule has 0 aliphatic carbocycles. The Morgan fingerprint density at radius 3 is 2.56 bits per heavy atom. The fraction of sp³-hybridized carbons (Fsp3) is 0.211. The summed E-state index contributed by atoms with van der Waals surface area (Å²) < 4.78 is 5.19. The smallest absolute Gasteiger partial charge is 0.278 e. The van der Waals surface area contributed by atoms with Crippen LogP contribution in [0.5, 0.6) is 5.75 Å². The first-order valence-corrected chi connectivity index (χ1v) is 8.17. The minimum Gasteiger partial charge on any atom is -0.497 e. The van der Waals surface area contributed by atoms with Crippen LogP contribution in [0.25, 0.3) is 11.0 Å². The van der Waals surface area contributed by atoms with Gasteiger partial charge in [-0.05, 0) is 30.7 Å². The standard InChI is InChI=1S/C19H20N4O2/c1-3-11-20-18-17(22-15-9-4-5-10-16(15)23-18)19(24)21-13-7-6-8-14(12-13)25-2/h4-10,12H,3,11H2,1-2H3,(H,20,23)(H,21,24). The van der Waals surface area contributed by atoms with Crippen molar-refractivity contribution in [2.75, 3.05) is 24.3 Å². The fourth-order valence-electron chi connectivity index (χ4n) is 2.42. The molecule has 0 atom stereocenters. The maximum absolute atomic E-state index is 12.7. The highest BCUT2D eigenvalue weighted by Gasteiger charge is 2.16. The summed E-state index contributed by atoms with van der Waals surface area (Å²) in [7, 11) is 1.59. The molecule has 2 aromatic carbocycles. The van der Waals surface area contributed by atoms with Crippen molar-refractivity contribution in [3.05, 3.63) is 54.2 Å². The van der Waals surface area contributed by atoms with E-state index < -0.39 is 0 Å². The van der Waals surface area contributed by atoms with Crippen molar-refractivity contribution in [1.82, 2.24) is 9.97 Å². The third-order valence-electron chi connectivity index (χ3n) is 3.66. The number of methoxy groups -OCH3 is 1. The second-order valence-electron chi connectivity index (χ2n) is 5.52. The molecule has 0 saturated heterocycles. The van der Waals surface area contributed by atoms with Gasteiger partial charge < -0.3 is 15.4 Å². The number of nitrogens with one attached hydrogen (secondary N) is 2. The summed E-state index contributed by atoms with van der Waals surface area (Å²) in [6.07, 6.45) is 0.922. The lowest BCUT2D eigenvalue weighted by molar-refractivity contribution is 0.102. The highest BCUT2D eigenvalue weighted by molar-refractivity contribution is 6.07. The van der Waals surface area contributed by atoms with E-state index in [1.807, 2.05) is 36.4 Å². The zero-order valence-corrected chi connectivity index (χ0v) is 14.2. The molecule has 1 heterocycles. The molecule has 3 aromatic rings. The molecule has 0 spiro atoms. The normalized spacial score (nSPS) is 10.5. The van der Waals surface area contributed by atoms with Gasteiger partial charge in [-0.15, -0.1) is 0 Å². The molecule has 0 radical (unpaired) electrons. The van der Waals surface area contributed by atoms with Crippen molar-refractivity contribution in [2.24, 2.45) is 0 Å². The highest BCUT2D eigenvalue weighted by Crippen LogP contribution is 2.21. The molecule has 0 saturated carbocycles. The molecular weight excluding hydrogens is 316 g/mol. The number of carbonyl (C=O) groups excluding carboxylic acids is 1. The molecule has 0 fully saturated rings. The Kier molecular flexibility index (Phi) is 5.09. The summed E-state index contributed by atoms with van der Waals surface area (Å²) in [5.74, 6) is 0.845. The average Bonchev–Trinajstić information content (AvgIpc) is 2.65. The lowest BCUT2D eigenvalue weighted by atomic mass is 10.2. The topological polar surface area (TPSA) is 76.1 Å². The minimum absolute atomic E-state index is 0.273. The van der Waals surface area contributed by atoms with E-state index in [0.29, 0.717) is 29.3 Å². The largest absolute Gasteiger partial charge is 0.497 e. The van der Waals surface area contributed by atoms with Crippen molar-refractivity contribution in [2.45, 2.75) is 13.3 Å². The van der Waals surface area contributed by atoms with E-state index in [2.05, 4.69) is 27.5 Å². The Morgan fingerprint density at radius 1 is 1.08 bits per heavy atom. The van der Waals surface area contributed by atoms with Crippen molar-refractivity contribution in [3.8, 4) is 5.75 Å². The Hall–Kier alpha value is -3.15. The van der Waals surface area contributed by atoms with Gasteiger partial charge >= 0.3 is 0 Å². The van der Waals surface area contributed by atoms with E-state index in [9.17, 15) is 4.79 Å². The van der Waals surface area contributed by atoms with Crippen molar-refractivity contribution in [3.63, 3.8) is 0 Å². The van der Waals surface area contributed by atoms with Crippen LogP contribution < -0.4 is 15.4 Å². The van der Waals surface area contributed by atoms with E-state index in [-0.39, 0.29) is 11.6 Å². The predicted octanol–water partition coefficient (Wildman–Crippen LogP) is 3.71. The molecule has 1 amide bonds. The van der Waals surface area contributed by atoms with Gasteiger partial charge in [0, 0.05) is 18.3 Å². The van der Waals surface area contributed by atoms with E-state index >= 15 is 0 Å². The molecule has 0 aliphatic rings. The Morgan fingerprint density at radius 2 is 1.84 bits per heavy atom. The molecule has 6 nitrogen and oxygen atoms in total. The van der Waals surface area contributed by atoms with Crippen LogP contribution in [0, 0.1) is 0 Å². The maximum Gasteiger partial charge on any atom is 0.278 e. The number of benzene rings is 2. The van der Waals surface area contributed by atoms with Gasteiger partial charge in [-0.2, -0.15) is 0 Å². The second-order valence-corrected chi connectivity index (χ2v) is 5.52. The molecule has 6 heteroatoms. The summed E-state index contributed by atoms with van der Waals surface area (Å²) in [5.41, 5.74) is 2.34. The highest BCUT2D eigenvalue weighted by atomic mass is 16.5. The third-order valence-corrected chi connectivity index (χ3v) is 3.66. The summed E-state index contributed by atoms with van der Waals surface area (Å²) >= 11 is 0. The fourth-order valence-corrected chi connectivity index (χ4v) is 2.42. The van der Waals surface area contributed by atoms with Crippen LogP contribution in [0.1, 0.15) is 23.8 Å². The number of hydrogen-bond acceptors (Lipinski definition) is 5. The molecule has 2 N–H and O–H groups in total. The number of ether oxygens (including phenoxy) is 1. The lowest BCUT2D eigenvalue weighted by Gasteiger charge is -2.12. The Balaban J connectivity index is 1.95. The molecule has 0 bridgehead atoms. The molecule has 1 aromatic heterocycles. The van der Waals surface area contributed by atoms with Crippen LogP contribution in [-0.4, -0.2) is 29.5 Å². The molecule has 3 rings (SSSR count). The maximum atomic E-state index is 12.7. The summed E-state index contributed by atoms with van der Waals surface area (Å²) in [6, 6.07) is 14.7. The van der Waals surface area contributed by atoms with Crippen molar-refractivity contribution >= 4 is 28.4 Å². The van der Waals surface area contributed by atoms with Gasteiger partial charge in [0.05, 0.1) is 18.1 Å². The van der Waals surface area contributed by atoms with E-state index in [4.69, 9.17) is 4.74 Å². The van der Waals surface area contributed by atoms with Crippen molar-refractivity contribution < 1.29 is 9.53 Å². The number of fused-ring (bicyclic) bond motifs is 1. The van der Waals surface area contributed by atoms with Crippen molar-refractivity contribution in [1.29, 1.82) is 0 Å². The number of hydrogen-bond donors (Lipinski definition) is 2. The number of aromatic nitrogens is 2. The first-order chi connectivity index (χ1) is 12.2. The second kappa shape index (κ2) is 7.61. The van der Waals surface area contributed by atoms with Gasteiger partial charge in [-0.25, -0.2) is 9.97 Å². The van der Waals surface area contributed by atoms with E-state index in [1.54, 1.807) is 19.2 Å². The summed E-state index contributed by atoms with van der Waals surface area (Å²) in [6.45, 7) is 2.77. The third kappa shape index (κ3) is 3.85. The molecule has 25 heavy (non-hydrogen) atoms. The number of carbonyl (C=O) groups is 1. The first-order valence-electron chi connectivity index (χ1n) is 8.17. The summed E-state index contributed by atoms with van der Waals surface area (Å²) in [4.78, 5) is 21.8. The van der Waals surface area contributed by atoms with Gasteiger partial charge in [0.25, 0.3) is 5.91 Å². The van der Waals surface area contributed by atoms with Gasteiger partial charge in [0.15, 0.2) is 11.5 Å². The number of para-hydroxylation sites is 2. The van der Waals surface area contributed by atoms with Gasteiger partial charge in [-0.3, -0.25) is 4.79 Å². The predicted molar refractivity (Wildman–Crippen MR) is 99.3 cm³/mol. The Bertz CT molecular complexity index is 895. The van der Waals surface area contributed by atoms with Crippen LogP contribution in [0.2, 0.25) is 0 Å².